The van der Waals surface area contributed by atoms with Crippen LogP contribution in [0, 0.1) is 10.8 Å². The van der Waals surface area contributed by atoms with Gasteiger partial charge in [-0.2, -0.15) is 0 Å². The predicted octanol–water partition coefficient (Wildman–Crippen LogP) is 3.22. The van der Waals surface area contributed by atoms with Gasteiger partial charge in [0.05, 0.1) is 6.04 Å². The van der Waals surface area contributed by atoms with Gasteiger partial charge < -0.3 is 0 Å². The van der Waals surface area contributed by atoms with Crippen molar-refractivity contribution in [1.82, 2.24) is 5.06 Å². The molecule has 0 aliphatic heterocycles. The molecular formula is C13H25NO2. The Kier molecular flexibility index (Phi) is 3.68. The molecule has 16 heavy (non-hydrogen) atoms. The average molecular weight is 227 g/mol. The van der Waals surface area contributed by atoms with E-state index in [1.165, 1.54) is 0 Å². The van der Waals surface area contributed by atoms with Crippen LogP contribution in [0.25, 0.3) is 0 Å². The summed E-state index contributed by atoms with van der Waals surface area (Å²) in [6.45, 7) is 10.2. The van der Waals surface area contributed by atoms with Crippen LogP contribution in [0.4, 0.5) is 0 Å². The summed E-state index contributed by atoms with van der Waals surface area (Å²) in [5, 5.41) is 10.8. The van der Waals surface area contributed by atoms with Crippen molar-refractivity contribution in [1.29, 1.82) is 0 Å². The first-order chi connectivity index (χ1) is 7.13. The molecule has 1 saturated carbocycles. The molecule has 0 saturated heterocycles. The number of carbonyl (C=O) groups excluding carboxylic acids is 1. The van der Waals surface area contributed by atoms with Crippen molar-refractivity contribution in [3.8, 4) is 0 Å². The van der Waals surface area contributed by atoms with E-state index in [0.29, 0.717) is 0 Å². The summed E-state index contributed by atoms with van der Waals surface area (Å²) < 4.78 is 0. The molecule has 0 heterocycles. The number of nitrogens with zero attached hydrogens (tertiary/aromatic N) is 1. The van der Waals surface area contributed by atoms with Gasteiger partial charge in [0.2, 0.25) is 0 Å². The maximum atomic E-state index is 12.2. The van der Waals surface area contributed by atoms with Crippen LogP contribution in [0.3, 0.4) is 0 Å². The summed E-state index contributed by atoms with van der Waals surface area (Å²) in [7, 11) is 0. The molecule has 94 valence electrons. The lowest BCUT2D eigenvalue weighted by atomic mass is 9.75. The molecule has 1 fully saturated rings. The second-order valence-corrected chi connectivity index (χ2v) is 6.86. The zero-order chi connectivity index (χ0) is 12.6. The summed E-state index contributed by atoms with van der Waals surface area (Å²) in [5.74, 6) is -0.132. The fraction of sp³-hybridized carbons (Fsp3) is 0.923. The minimum absolute atomic E-state index is 0.0618. The van der Waals surface area contributed by atoms with Crippen LogP contribution in [-0.4, -0.2) is 22.2 Å². The van der Waals surface area contributed by atoms with Gasteiger partial charge in [-0.05, 0) is 31.1 Å². The van der Waals surface area contributed by atoms with Gasteiger partial charge in [0.1, 0.15) is 0 Å². The first-order valence-electron chi connectivity index (χ1n) is 6.16. The van der Waals surface area contributed by atoms with E-state index in [1.54, 1.807) is 0 Å². The highest BCUT2D eigenvalue weighted by Gasteiger charge is 2.39. The van der Waals surface area contributed by atoms with Crippen LogP contribution >= 0.6 is 0 Å². The fourth-order valence-corrected chi connectivity index (χ4v) is 2.51. The molecule has 0 unspecified atom stereocenters. The molecule has 1 aliphatic rings. The van der Waals surface area contributed by atoms with Crippen LogP contribution in [0.15, 0.2) is 0 Å². The summed E-state index contributed by atoms with van der Waals surface area (Å²) in [5.41, 5.74) is -0.387. The molecule has 0 aromatic rings. The van der Waals surface area contributed by atoms with Crippen molar-refractivity contribution in [2.75, 3.05) is 0 Å². The Bertz CT molecular complexity index is 262. The number of hydrogen-bond acceptors (Lipinski definition) is 2. The predicted molar refractivity (Wildman–Crippen MR) is 64.1 cm³/mol. The van der Waals surface area contributed by atoms with Crippen molar-refractivity contribution < 1.29 is 10.0 Å². The van der Waals surface area contributed by atoms with Gasteiger partial charge in [-0.25, -0.2) is 5.06 Å². The maximum absolute atomic E-state index is 12.2. The molecule has 0 aromatic heterocycles. The topological polar surface area (TPSA) is 40.5 Å². The van der Waals surface area contributed by atoms with E-state index in [9.17, 15) is 10.0 Å². The first kappa shape index (κ1) is 13.5. The van der Waals surface area contributed by atoms with Crippen molar-refractivity contribution in [3.63, 3.8) is 0 Å². The first-order valence-corrected chi connectivity index (χ1v) is 6.16. The van der Waals surface area contributed by atoms with Crippen molar-refractivity contribution in [3.05, 3.63) is 0 Å². The normalized spacial score (nSPS) is 18.1. The second kappa shape index (κ2) is 4.36. The van der Waals surface area contributed by atoms with Crippen LogP contribution in [-0.2, 0) is 4.79 Å². The lowest BCUT2D eigenvalue weighted by molar-refractivity contribution is -0.194. The SMILES string of the molecule is CC(C)(C)CC(C)(C)C(=O)N(O)C1CCC1. The highest BCUT2D eigenvalue weighted by atomic mass is 16.5. The van der Waals surface area contributed by atoms with Crippen molar-refractivity contribution >= 4 is 5.91 Å². The zero-order valence-electron chi connectivity index (χ0n) is 11.2. The van der Waals surface area contributed by atoms with Crippen LogP contribution < -0.4 is 0 Å². The fourth-order valence-electron chi connectivity index (χ4n) is 2.51. The molecule has 1 amide bonds. The number of rotatable bonds is 3. The quantitative estimate of drug-likeness (QED) is 0.594. The number of hydroxylamine groups is 2. The average Bonchev–Trinajstić information content (AvgIpc) is 1.94. The van der Waals surface area contributed by atoms with E-state index in [2.05, 4.69) is 20.8 Å². The summed E-state index contributed by atoms with van der Waals surface area (Å²) in [6.07, 6.45) is 3.78. The lowest BCUT2D eigenvalue weighted by Gasteiger charge is -2.39. The highest BCUT2D eigenvalue weighted by Crippen LogP contribution is 2.36. The van der Waals surface area contributed by atoms with E-state index in [1.807, 2.05) is 13.8 Å². The Balaban J connectivity index is 2.63. The maximum Gasteiger partial charge on any atom is 0.251 e. The molecule has 3 nitrogen and oxygen atoms in total. The van der Waals surface area contributed by atoms with E-state index in [4.69, 9.17) is 0 Å². The Hall–Kier alpha value is -0.570. The molecule has 0 aromatic carbocycles. The Morgan fingerprint density at radius 2 is 1.75 bits per heavy atom. The summed E-state index contributed by atoms with van der Waals surface area (Å²) in [4.78, 5) is 12.2. The monoisotopic (exact) mass is 227 g/mol. The summed E-state index contributed by atoms with van der Waals surface area (Å²) >= 11 is 0. The largest absolute Gasteiger partial charge is 0.286 e. The van der Waals surface area contributed by atoms with Crippen molar-refractivity contribution in [2.24, 2.45) is 10.8 Å². The number of carbonyl (C=O) groups is 1. The van der Waals surface area contributed by atoms with Gasteiger partial charge in [-0.15, -0.1) is 0 Å². The van der Waals surface area contributed by atoms with Crippen LogP contribution in [0.2, 0.25) is 0 Å². The van der Waals surface area contributed by atoms with Gasteiger partial charge >= 0.3 is 0 Å². The molecule has 0 bridgehead atoms. The van der Waals surface area contributed by atoms with E-state index in [-0.39, 0.29) is 17.4 Å². The third-order valence-electron chi connectivity index (χ3n) is 3.18. The second-order valence-electron chi connectivity index (χ2n) is 6.86. The minimum atomic E-state index is -0.484. The molecule has 0 radical (unpaired) electrons. The van der Waals surface area contributed by atoms with Crippen molar-refractivity contribution in [2.45, 2.75) is 66.3 Å². The van der Waals surface area contributed by atoms with E-state index < -0.39 is 5.41 Å². The Labute approximate surface area is 98.8 Å². The van der Waals surface area contributed by atoms with Gasteiger partial charge in [-0.3, -0.25) is 10.0 Å². The highest BCUT2D eigenvalue weighted by molar-refractivity contribution is 5.81. The molecule has 0 spiro atoms. The third kappa shape index (κ3) is 3.21. The smallest absolute Gasteiger partial charge is 0.251 e. The molecule has 1 N–H and O–H groups in total. The third-order valence-corrected chi connectivity index (χ3v) is 3.18. The van der Waals surface area contributed by atoms with E-state index >= 15 is 0 Å². The number of hydrogen-bond donors (Lipinski definition) is 1. The lowest BCUT2D eigenvalue weighted by Crippen LogP contribution is -2.48. The van der Waals surface area contributed by atoms with E-state index in [0.717, 1.165) is 30.7 Å². The van der Waals surface area contributed by atoms with Gasteiger partial charge in [0.25, 0.3) is 5.91 Å². The zero-order valence-corrected chi connectivity index (χ0v) is 11.2. The van der Waals surface area contributed by atoms with Gasteiger partial charge in [0.15, 0.2) is 0 Å². The standard InChI is InChI=1S/C13H25NO2/c1-12(2,3)9-13(4,5)11(15)14(16)10-7-6-8-10/h10,16H,6-9H2,1-5H3. The van der Waals surface area contributed by atoms with Crippen LogP contribution in [0.5, 0.6) is 0 Å². The molecule has 3 heteroatoms. The Morgan fingerprint density at radius 1 is 1.25 bits per heavy atom. The Morgan fingerprint density at radius 3 is 2.06 bits per heavy atom. The summed E-state index contributed by atoms with van der Waals surface area (Å²) in [6, 6.07) is 0.0618. The molecular weight excluding hydrogens is 202 g/mol. The van der Waals surface area contributed by atoms with Crippen LogP contribution in [0.1, 0.15) is 60.3 Å². The molecule has 0 atom stereocenters. The number of amides is 1. The minimum Gasteiger partial charge on any atom is -0.286 e. The molecule has 1 aliphatic carbocycles. The van der Waals surface area contributed by atoms with Gasteiger partial charge in [-0.1, -0.05) is 34.6 Å². The van der Waals surface area contributed by atoms with Gasteiger partial charge in [0, 0.05) is 5.41 Å². The molecule has 1 rings (SSSR count).